The van der Waals surface area contributed by atoms with Crippen molar-refractivity contribution in [3.05, 3.63) is 77.2 Å². The van der Waals surface area contributed by atoms with Crippen molar-refractivity contribution in [3.8, 4) is 5.82 Å². The average molecular weight is 518 g/mol. The van der Waals surface area contributed by atoms with Crippen LogP contribution in [0.4, 0.5) is 0 Å². The lowest BCUT2D eigenvalue weighted by molar-refractivity contribution is 0.508. The largest absolute Gasteiger partial charge is 0.356 e. The molecule has 0 fully saturated rings. The van der Waals surface area contributed by atoms with Crippen LogP contribution in [0.3, 0.4) is 0 Å². The number of aromatic nitrogens is 3. The number of hydrogen-bond acceptors (Lipinski definition) is 3. The van der Waals surface area contributed by atoms with Crippen molar-refractivity contribution in [2.24, 2.45) is 4.99 Å². The molecule has 1 aromatic carbocycles. The summed E-state index contributed by atoms with van der Waals surface area (Å²) in [5, 5.41) is 11.3. The molecule has 0 atom stereocenters. The quantitative estimate of drug-likeness (QED) is 0.293. The topological polar surface area (TPSA) is 67.1 Å². The summed E-state index contributed by atoms with van der Waals surface area (Å²) < 4.78 is 1.86. The molecule has 0 unspecified atom stereocenters. The number of pyridine rings is 1. The molecule has 0 aliphatic carbocycles. The van der Waals surface area contributed by atoms with Gasteiger partial charge in [0.1, 0.15) is 0 Å². The van der Waals surface area contributed by atoms with Gasteiger partial charge < -0.3 is 10.6 Å². The summed E-state index contributed by atoms with van der Waals surface area (Å²) in [6.07, 6.45) is 1.87. The maximum absolute atomic E-state index is 4.55. The second-order valence-corrected chi connectivity index (χ2v) is 7.89. The smallest absolute Gasteiger partial charge is 0.191 e. The highest BCUT2D eigenvalue weighted by Crippen LogP contribution is 2.21. The molecule has 2 heterocycles. The highest BCUT2D eigenvalue weighted by molar-refractivity contribution is 14.0. The van der Waals surface area contributed by atoms with Gasteiger partial charge in [0.05, 0.1) is 5.69 Å². The molecule has 0 spiro atoms. The number of guanidine groups is 1. The molecule has 3 aromatic rings. The first-order chi connectivity index (χ1) is 13.9. The van der Waals surface area contributed by atoms with E-state index in [4.69, 9.17) is 0 Å². The molecular formula is C23H31IN6. The first-order valence-electron chi connectivity index (χ1n) is 9.88. The van der Waals surface area contributed by atoms with Crippen molar-refractivity contribution in [1.82, 2.24) is 25.4 Å². The summed E-state index contributed by atoms with van der Waals surface area (Å²) in [7, 11) is 1.79. The van der Waals surface area contributed by atoms with Gasteiger partial charge in [-0.2, -0.15) is 5.10 Å². The van der Waals surface area contributed by atoms with Crippen LogP contribution in [-0.4, -0.2) is 34.3 Å². The Kier molecular flexibility index (Phi) is 8.40. The number of halogens is 1. The van der Waals surface area contributed by atoms with E-state index in [2.05, 4.69) is 69.9 Å². The molecule has 0 saturated heterocycles. The van der Waals surface area contributed by atoms with Crippen LogP contribution >= 0.6 is 24.0 Å². The van der Waals surface area contributed by atoms with Crippen LogP contribution in [0.5, 0.6) is 0 Å². The van der Waals surface area contributed by atoms with Crippen molar-refractivity contribution < 1.29 is 0 Å². The van der Waals surface area contributed by atoms with E-state index in [9.17, 15) is 0 Å². The maximum Gasteiger partial charge on any atom is 0.191 e. The predicted molar refractivity (Wildman–Crippen MR) is 134 cm³/mol. The van der Waals surface area contributed by atoms with Crippen molar-refractivity contribution in [3.63, 3.8) is 0 Å². The summed E-state index contributed by atoms with van der Waals surface area (Å²) in [6, 6.07) is 16.6. The van der Waals surface area contributed by atoms with Gasteiger partial charge in [0.2, 0.25) is 0 Å². The molecule has 7 heteroatoms. The zero-order valence-corrected chi connectivity index (χ0v) is 20.6. The molecule has 0 aliphatic heterocycles. The maximum atomic E-state index is 4.55. The Morgan fingerprint density at radius 2 is 1.80 bits per heavy atom. The lowest BCUT2D eigenvalue weighted by Crippen LogP contribution is -2.43. The van der Waals surface area contributed by atoms with Gasteiger partial charge in [-0.1, -0.05) is 50.2 Å². The van der Waals surface area contributed by atoms with Crippen LogP contribution in [0.1, 0.15) is 36.4 Å². The fraction of sp³-hybridized carbons (Fsp3) is 0.348. The normalized spacial score (nSPS) is 11.7. The van der Waals surface area contributed by atoms with Crippen LogP contribution in [0.25, 0.3) is 5.82 Å². The van der Waals surface area contributed by atoms with Crippen molar-refractivity contribution in [2.75, 3.05) is 13.6 Å². The molecule has 3 rings (SSSR count). The Balaban J connectivity index is 0.00000320. The van der Waals surface area contributed by atoms with Crippen LogP contribution in [0, 0.1) is 13.8 Å². The van der Waals surface area contributed by atoms with E-state index in [1.165, 1.54) is 5.56 Å². The summed E-state index contributed by atoms with van der Waals surface area (Å²) in [4.78, 5) is 8.89. The fourth-order valence-electron chi connectivity index (χ4n) is 3.21. The second kappa shape index (κ2) is 10.6. The molecule has 6 nitrogen and oxygen atoms in total. The molecule has 2 N–H and O–H groups in total. The van der Waals surface area contributed by atoms with E-state index in [1.54, 1.807) is 7.05 Å². The van der Waals surface area contributed by atoms with E-state index in [0.717, 1.165) is 35.3 Å². The molecule has 0 bridgehead atoms. The molecule has 0 radical (unpaired) electrons. The number of nitrogens with one attached hydrogen (secondary N) is 2. The summed E-state index contributed by atoms with van der Waals surface area (Å²) in [5.41, 5.74) is 4.45. The van der Waals surface area contributed by atoms with Gasteiger partial charge in [-0.05, 0) is 37.1 Å². The van der Waals surface area contributed by atoms with E-state index >= 15 is 0 Å². The predicted octanol–water partition coefficient (Wildman–Crippen LogP) is 4.14. The van der Waals surface area contributed by atoms with Crippen molar-refractivity contribution in [2.45, 2.75) is 39.7 Å². The molecule has 0 aliphatic rings. The molecule has 0 saturated carbocycles. The minimum Gasteiger partial charge on any atom is -0.356 e. The number of nitrogens with zero attached hydrogens (tertiary/aromatic N) is 4. The number of benzene rings is 1. The van der Waals surface area contributed by atoms with Gasteiger partial charge in [-0.15, -0.1) is 24.0 Å². The number of rotatable bonds is 6. The van der Waals surface area contributed by atoms with Crippen molar-refractivity contribution >= 4 is 29.9 Å². The molecular weight excluding hydrogens is 487 g/mol. The second-order valence-electron chi connectivity index (χ2n) is 7.89. The molecule has 0 amide bonds. The number of hydrogen-bond donors (Lipinski definition) is 2. The third kappa shape index (κ3) is 6.04. The fourth-order valence-corrected chi connectivity index (χ4v) is 3.21. The zero-order chi connectivity index (χ0) is 20.9. The van der Waals surface area contributed by atoms with Crippen LogP contribution in [-0.2, 0) is 12.0 Å². The minimum atomic E-state index is 0. The Labute approximate surface area is 196 Å². The Bertz CT molecular complexity index is 961. The first-order valence-corrected chi connectivity index (χ1v) is 9.88. The van der Waals surface area contributed by atoms with E-state index in [-0.39, 0.29) is 29.4 Å². The number of aliphatic imine (C=N–C) groups is 1. The first kappa shape index (κ1) is 23.9. The zero-order valence-electron chi connectivity index (χ0n) is 18.3. The van der Waals surface area contributed by atoms with E-state index < -0.39 is 0 Å². The summed E-state index contributed by atoms with van der Waals surface area (Å²) in [6.45, 7) is 9.90. The van der Waals surface area contributed by atoms with Gasteiger partial charge in [0, 0.05) is 37.4 Å². The standard InChI is InChI=1S/C23H30N6.HI/c1-17-13-18(2)29(28-17)21-12-11-19(14-25-21)15-26-22(24-5)27-16-23(3,4)20-9-7-6-8-10-20;/h6-14H,15-16H2,1-5H3,(H2,24,26,27);1H. The molecule has 160 valence electrons. The highest BCUT2D eigenvalue weighted by Gasteiger charge is 2.20. The molecule has 30 heavy (non-hydrogen) atoms. The SMILES string of the molecule is CN=C(NCc1ccc(-n2nc(C)cc2C)nc1)NCC(C)(C)c1ccccc1.I. The summed E-state index contributed by atoms with van der Waals surface area (Å²) >= 11 is 0. The Hall–Kier alpha value is -2.42. The highest BCUT2D eigenvalue weighted by atomic mass is 127. The van der Waals surface area contributed by atoms with Gasteiger partial charge >= 0.3 is 0 Å². The molecule has 2 aromatic heterocycles. The monoisotopic (exact) mass is 518 g/mol. The van der Waals surface area contributed by atoms with Crippen molar-refractivity contribution in [1.29, 1.82) is 0 Å². The van der Waals surface area contributed by atoms with E-state index in [1.807, 2.05) is 42.9 Å². The van der Waals surface area contributed by atoms with Gasteiger partial charge in [0.25, 0.3) is 0 Å². The Morgan fingerprint density at radius 1 is 1.07 bits per heavy atom. The average Bonchev–Trinajstić information content (AvgIpc) is 3.07. The lowest BCUT2D eigenvalue weighted by Gasteiger charge is -2.26. The van der Waals surface area contributed by atoms with Crippen LogP contribution in [0.2, 0.25) is 0 Å². The number of aryl methyl sites for hydroxylation is 2. The van der Waals surface area contributed by atoms with Crippen LogP contribution < -0.4 is 10.6 Å². The Morgan fingerprint density at radius 3 is 2.37 bits per heavy atom. The van der Waals surface area contributed by atoms with Gasteiger partial charge in [0.15, 0.2) is 11.8 Å². The minimum absolute atomic E-state index is 0. The third-order valence-corrected chi connectivity index (χ3v) is 4.97. The van der Waals surface area contributed by atoms with E-state index in [0.29, 0.717) is 6.54 Å². The summed E-state index contributed by atoms with van der Waals surface area (Å²) in [5.74, 6) is 1.60. The lowest BCUT2D eigenvalue weighted by atomic mass is 9.85. The van der Waals surface area contributed by atoms with Gasteiger partial charge in [-0.3, -0.25) is 4.99 Å². The van der Waals surface area contributed by atoms with Gasteiger partial charge in [-0.25, -0.2) is 9.67 Å². The third-order valence-electron chi connectivity index (χ3n) is 4.97. The van der Waals surface area contributed by atoms with Crippen LogP contribution in [0.15, 0.2) is 59.7 Å².